The molecule has 0 unspecified atom stereocenters. The van der Waals surface area contributed by atoms with E-state index in [-0.39, 0.29) is 5.82 Å². The summed E-state index contributed by atoms with van der Waals surface area (Å²) in [7, 11) is 0. The van der Waals surface area contributed by atoms with Gasteiger partial charge < -0.3 is 5.73 Å². The molecule has 17 heavy (non-hydrogen) atoms. The SMILES string of the molecule is Cc1cc(F)ccc1-c1nc(C)c(CCN)s1. The first-order valence-electron chi connectivity index (χ1n) is 5.54. The van der Waals surface area contributed by atoms with Crippen molar-refractivity contribution >= 4 is 11.3 Å². The molecule has 2 rings (SSSR count). The fourth-order valence-electron chi connectivity index (χ4n) is 1.77. The molecule has 0 radical (unpaired) electrons. The summed E-state index contributed by atoms with van der Waals surface area (Å²) in [5, 5.41) is 0.948. The van der Waals surface area contributed by atoms with Crippen molar-refractivity contribution in [3.8, 4) is 10.6 Å². The number of rotatable bonds is 3. The van der Waals surface area contributed by atoms with Gasteiger partial charge in [-0.05, 0) is 50.6 Å². The molecule has 0 saturated heterocycles. The predicted molar refractivity (Wildman–Crippen MR) is 69.7 cm³/mol. The smallest absolute Gasteiger partial charge is 0.124 e. The van der Waals surface area contributed by atoms with E-state index in [0.29, 0.717) is 6.54 Å². The Kier molecular flexibility index (Phi) is 3.54. The maximum Gasteiger partial charge on any atom is 0.124 e. The summed E-state index contributed by atoms with van der Waals surface area (Å²) in [5.74, 6) is -0.207. The number of thiazole rings is 1. The van der Waals surface area contributed by atoms with Gasteiger partial charge in [-0.25, -0.2) is 9.37 Å². The molecule has 2 aromatic rings. The van der Waals surface area contributed by atoms with Crippen LogP contribution in [0.4, 0.5) is 4.39 Å². The van der Waals surface area contributed by atoms with Crippen LogP contribution in [-0.2, 0) is 6.42 Å². The number of aryl methyl sites for hydroxylation is 2. The number of nitrogens with two attached hydrogens (primary N) is 1. The monoisotopic (exact) mass is 250 g/mol. The molecule has 0 amide bonds. The zero-order chi connectivity index (χ0) is 12.4. The van der Waals surface area contributed by atoms with Crippen molar-refractivity contribution in [3.63, 3.8) is 0 Å². The van der Waals surface area contributed by atoms with Gasteiger partial charge in [0.05, 0.1) is 5.69 Å². The molecule has 90 valence electrons. The minimum absolute atomic E-state index is 0.207. The number of nitrogens with zero attached hydrogens (tertiary/aromatic N) is 1. The molecule has 1 aromatic carbocycles. The van der Waals surface area contributed by atoms with Gasteiger partial charge in [0.25, 0.3) is 0 Å². The van der Waals surface area contributed by atoms with Crippen LogP contribution in [0.1, 0.15) is 16.1 Å². The molecular formula is C13H15FN2S. The van der Waals surface area contributed by atoms with Gasteiger partial charge in [0, 0.05) is 10.4 Å². The molecule has 1 aromatic heterocycles. The van der Waals surface area contributed by atoms with E-state index in [1.807, 2.05) is 13.8 Å². The van der Waals surface area contributed by atoms with Gasteiger partial charge in [-0.2, -0.15) is 0 Å². The fraction of sp³-hybridized carbons (Fsp3) is 0.308. The number of aromatic nitrogens is 1. The fourth-order valence-corrected chi connectivity index (χ4v) is 2.94. The van der Waals surface area contributed by atoms with Crippen LogP contribution < -0.4 is 5.73 Å². The lowest BCUT2D eigenvalue weighted by molar-refractivity contribution is 0.627. The molecule has 0 aliphatic carbocycles. The maximum atomic E-state index is 13.0. The van der Waals surface area contributed by atoms with Crippen molar-refractivity contribution < 1.29 is 4.39 Å². The highest BCUT2D eigenvalue weighted by atomic mass is 32.1. The first-order chi connectivity index (χ1) is 8.11. The lowest BCUT2D eigenvalue weighted by atomic mass is 10.1. The van der Waals surface area contributed by atoms with Crippen LogP contribution >= 0.6 is 11.3 Å². The summed E-state index contributed by atoms with van der Waals surface area (Å²) in [5.41, 5.74) is 8.50. The van der Waals surface area contributed by atoms with Crippen molar-refractivity contribution in [2.24, 2.45) is 5.73 Å². The van der Waals surface area contributed by atoms with Crippen LogP contribution in [-0.4, -0.2) is 11.5 Å². The minimum atomic E-state index is -0.207. The summed E-state index contributed by atoms with van der Waals surface area (Å²) in [6.07, 6.45) is 0.851. The van der Waals surface area contributed by atoms with Gasteiger partial charge in [0.1, 0.15) is 10.8 Å². The van der Waals surface area contributed by atoms with E-state index >= 15 is 0 Å². The average Bonchev–Trinajstić information content (AvgIpc) is 2.60. The van der Waals surface area contributed by atoms with Crippen LogP contribution in [0.2, 0.25) is 0 Å². The Bertz CT molecular complexity index is 534. The van der Waals surface area contributed by atoms with Crippen molar-refractivity contribution in [1.29, 1.82) is 0 Å². The molecule has 0 aliphatic heterocycles. The molecule has 0 fully saturated rings. The highest BCUT2D eigenvalue weighted by Crippen LogP contribution is 2.30. The van der Waals surface area contributed by atoms with E-state index < -0.39 is 0 Å². The minimum Gasteiger partial charge on any atom is -0.330 e. The third-order valence-corrected chi connectivity index (χ3v) is 3.93. The van der Waals surface area contributed by atoms with Crippen LogP contribution in [0.3, 0.4) is 0 Å². The molecule has 2 N–H and O–H groups in total. The summed E-state index contributed by atoms with van der Waals surface area (Å²) in [6, 6.07) is 4.80. The first-order valence-corrected chi connectivity index (χ1v) is 6.36. The molecule has 1 heterocycles. The molecule has 0 atom stereocenters. The second-order valence-electron chi connectivity index (χ2n) is 4.03. The summed E-state index contributed by atoms with van der Waals surface area (Å²) < 4.78 is 13.0. The number of hydrogen-bond acceptors (Lipinski definition) is 3. The topological polar surface area (TPSA) is 38.9 Å². The van der Waals surface area contributed by atoms with Gasteiger partial charge in [-0.1, -0.05) is 0 Å². The quantitative estimate of drug-likeness (QED) is 0.909. The van der Waals surface area contributed by atoms with Crippen LogP contribution in [0, 0.1) is 19.7 Å². The molecular weight excluding hydrogens is 235 g/mol. The summed E-state index contributed by atoms with van der Waals surface area (Å²) in [4.78, 5) is 5.74. The van der Waals surface area contributed by atoms with Gasteiger partial charge in [-0.15, -0.1) is 11.3 Å². The molecule has 4 heteroatoms. The van der Waals surface area contributed by atoms with E-state index in [2.05, 4.69) is 4.98 Å². The third kappa shape index (κ3) is 2.53. The van der Waals surface area contributed by atoms with Crippen LogP contribution in [0.25, 0.3) is 10.6 Å². The van der Waals surface area contributed by atoms with Gasteiger partial charge >= 0.3 is 0 Å². The normalized spacial score (nSPS) is 10.8. The lowest BCUT2D eigenvalue weighted by Crippen LogP contribution is -2.01. The van der Waals surface area contributed by atoms with Crippen LogP contribution in [0.15, 0.2) is 18.2 Å². The van der Waals surface area contributed by atoms with Crippen molar-refractivity contribution in [2.45, 2.75) is 20.3 Å². The number of halogens is 1. The third-order valence-electron chi connectivity index (χ3n) is 2.68. The Morgan fingerprint density at radius 1 is 1.35 bits per heavy atom. The molecule has 2 nitrogen and oxygen atoms in total. The zero-order valence-electron chi connectivity index (χ0n) is 9.96. The molecule has 0 bridgehead atoms. The number of hydrogen-bond donors (Lipinski definition) is 1. The largest absolute Gasteiger partial charge is 0.330 e. The standard InChI is InChI=1S/C13H15FN2S/c1-8-7-10(14)3-4-11(8)13-16-9(2)12(17-13)5-6-15/h3-4,7H,5-6,15H2,1-2H3. The molecule has 0 spiro atoms. The average molecular weight is 250 g/mol. The Morgan fingerprint density at radius 2 is 2.12 bits per heavy atom. The van der Waals surface area contributed by atoms with Crippen molar-refractivity contribution in [3.05, 3.63) is 40.2 Å². The van der Waals surface area contributed by atoms with E-state index in [4.69, 9.17) is 5.73 Å². The molecule has 0 aliphatic rings. The maximum absolute atomic E-state index is 13.0. The Labute approximate surface area is 104 Å². The van der Waals surface area contributed by atoms with Gasteiger partial charge in [-0.3, -0.25) is 0 Å². The van der Waals surface area contributed by atoms with Crippen molar-refractivity contribution in [1.82, 2.24) is 4.98 Å². The van der Waals surface area contributed by atoms with E-state index in [1.54, 1.807) is 17.4 Å². The second-order valence-corrected chi connectivity index (χ2v) is 5.11. The Morgan fingerprint density at radius 3 is 2.76 bits per heavy atom. The Balaban J connectivity index is 2.42. The highest BCUT2D eigenvalue weighted by molar-refractivity contribution is 7.15. The van der Waals surface area contributed by atoms with Crippen molar-refractivity contribution in [2.75, 3.05) is 6.54 Å². The van der Waals surface area contributed by atoms with Gasteiger partial charge in [0.15, 0.2) is 0 Å². The zero-order valence-corrected chi connectivity index (χ0v) is 10.8. The highest BCUT2D eigenvalue weighted by Gasteiger charge is 2.11. The number of benzene rings is 1. The predicted octanol–water partition coefficient (Wildman–Crippen LogP) is 3.07. The van der Waals surface area contributed by atoms with E-state index in [0.717, 1.165) is 28.2 Å². The summed E-state index contributed by atoms with van der Waals surface area (Å²) in [6.45, 7) is 4.52. The van der Waals surface area contributed by atoms with Crippen LogP contribution in [0.5, 0.6) is 0 Å². The van der Waals surface area contributed by atoms with E-state index in [1.165, 1.54) is 17.0 Å². The molecule has 0 saturated carbocycles. The first kappa shape index (κ1) is 12.2. The van der Waals surface area contributed by atoms with Gasteiger partial charge in [0.2, 0.25) is 0 Å². The van der Waals surface area contributed by atoms with E-state index in [9.17, 15) is 4.39 Å². The second kappa shape index (κ2) is 4.94. The summed E-state index contributed by atoms with van der Waals surface area (Å²) >= 11 is 1.64. The Hall–Kier alpha value is -1.26. The lowest BCUT2D eigenvalue weighted by Gasteiger charge is -2.01.